The zero-order valence-electron chi connectivity index (χ0n) is 14.6. The van der Waals surface area contributed by atoms with Crippen LogP contribution in [0.4, 0.5) is 5.69 Å². The molecule has 2 aromatic carbocycles. The molecule has 0 aliphatic carbocycles. The largest absolute Gasteiger partial charge is 0.482 e. The van der Waals surface area contributed by atoms with Crippen molar-refractivity contribution in [2.75, 3.05) is 18.5 Å². The zero-order chi connectivity index (χ0) is 18.7. The summed E-state index contributed by atoms with van der Waals surface area (Å²) in [6, 6.07) is 12.3. The number of Topliss-reactive ketones (excluding diaryl/α,β-unsaturated/α-hetero) is 1. The van der Waals surface area contributed by atoms with Gasteiger partial charge in [0.15, 0.2) is 19.0 Å². The Labute approximate surface area is 151 Å². The van der Waals surface area contributed by atoms with E-state index < -0.39 is 5.97 Å². The van der Waals surface area contributed by atoms with E-state index in [2.05, 4.69) is 5.32 Å². The van der Waals surface area contributed by atoms with E-state index >= 15 is 0 Å². The Morgan fingerprint density at radius 2 is 1.92 bits per heavy atom. The highest BCUT2D eigenvalue weighted by atomic mass is 16.6. The van der Waals surface area contributed by atoms with Crippen LogP contribution in [-0.2, 0) is 14.3 Å². The Bertz CT molecular complexity index is 874. The Morgan fingerprint density at radius 1 is 1.12 bits per heavy atom. The van der Waals surface area contributed by atoms with Crippen LogP contribution in [0.1, 0.15) is 34.3 Å². The smallest absolute Gasteiger partial charge is 0.344 e. The summed E-state index contributed by atoms with van der Waals surface area (Å²) in [4.78, 5) is 35.7. The molecule has 0 aromatic heterocycles. The van der Waals surface area contributed by atoms with Gasteiger partial charge in [0.25, 0.3) is 0 Å². The monoisotopic (exact) mass is 353 g/mol. The number of aryl methyl sites for hydroxylation is 1. The average molecular weight is 353 g/mol. The first-order chi connectivity index (χ1) is 12.4. The normalized spacial score (nSPS) is 15.2. The first-order valence-corrected chi connectivity index (χ1v) is 8.27. The zero-order valence-corrected chi connectivity index (χ0v) is 14.6. The van der Waals surface area contributed by atoms with E-state index in [4.69, 9.17) is 9.47 Å². The van der Waals surface area contributed by atoms with Crippen LogP contribution < -0.4 is 10.1 Å². The maximum atomic E-state index is 12.2. The standard InChI is InChI=1S/C20H19NO5/c1-12-4-3-5-15(8-12)25-11-19(23)26-10-18(22)14-6-7-17-16(9-14)13(2)20(24)21-17/h3-9,13H,10-11H2,1-2H3,(H,21,24)/t13-/m0/s1. The fourth-order valence-corrected chi connectivity index (χ4v) is 2.71. The number of hydrogen-bond acceptors (Lipinski definition) is 5. The highest BCUT2D eigenvalue weighted by Gasteiger charge is 2.27. The van der Waals surface area contributed by atoms with Crippen molar-refractivity contribution in [3.8, 4) is 5.75 Å². The van der Waals surface area contributed by atoms with Crippen molar-refractivity contribution in [1.82, 2.24) is 0 Å². The topological polar surface area (TPSA) is 81.7 Å². The number of fused-ring (bicyclic) bond motifs is 1. The number of ether oxygens (including phenoxy) is 2. The summed E-state index contributed by atoms with van der Waals surface area (Å²) < 4.78 is 10.3. The quantitative estimate of drug-likeness (QED) is 0.638. The second-order valence-electron chi connectivity index (χ2n) is 6.20. The summed E-state index contributed by atoms with van der Waals surface area (Å²) in [6.07, 6.45) is 0. The molecule has 1 N–H and O–H groups in total. The van der Waals surface area contributed by atoms with Gasteiger partial charge in [-0.05, 0) is 55.3 Å². The van der Waals surface area contributed by atoms with E-state index in [9.17, 15) is 14.4 Å². The fraction of sp³-hybridized carbons (Fsp3) is 0.250. The van der Waals surface area contributed by atoms with Crippen molar-refractivity contribution in [3.63, 3.8) is 0 Å². The maximum Gasteiger partial charge on any atom is 0.344 e. The Hall–Kier alpha value is -3.15. The summed E-state index contributed by atoms with van der Waals surface area (Å²) in [6.45, 7) is 3.06. The van der Waals surface area contributed by atoms with E-state index in [1.165, 1.54) is 0 Å². The highest BCUT2D eigenvalue weighted by Crippen LogP contribution is 2.32. The lowest BCUT2D eigenvalue weighted by Crippen LogP contribution is -2.19. The molecule has 1 aliphatic rings. The lowest BCUT2D eigenvalue weighted by atomic mass is 9.99. The molecule has 0 radical (unpaired) electrons. The van der Waals surface area contributed by atoms with Crippen LogP contribution in [0.25, 0.3) is 0 Å². The van der Waals surface area contributed by atoms with Gasteiger partial charge in [0.1, 0.15) is 5.75 Å². The molecule has 0 unspecified atom stereocenters. The number of nitrogens with one attached hydrogen (secondary N) is 1. The van der Waals surface area contributed by atoms with Crippen LogP contribution in [0.5, 0.6) is 5.75 Å². The molecule has 2 aromatic rings. The van der Waals surface area contributed by atoms with E-state index in [1.54, 1.807) is 37.3 Å². The van der Waals surface area contributed by atoms with Gasteiger partial charge >= 0.3 is 5.97 Å². The molecule has 6 nitrogen and oxygen atoms in total. The van der Waals surface area contributed by atoms with Crippen LogP contribution in [0.2, 0.25) is 0 Å². The first kappa shape index (κ1) is 17.7. The van der Waals surface area contributed by atoms with Crippen LogP contribution >= 0.6 is 0 Å². The third-order valence-electron chi connectivity index (χ3n) is 4.20. The third kappa shape index (κ3) is 3.91. The molecule has 26 heavy (non-hydrogen) atoms. The van der Waals surface area contributed by atoms with Crippen LogP contribution in [0, 0.1) is 6.92 Å². The summed E-state index contributed by atoms with van der Waals surface area (Å²) in [7, 11) is 0. The van der Waals surface area contributed by atoms with Crippen molar-refractivity contribution in [1.29, 1.82) is 0 Å². The van der Waals surface area contributed by atoms with E-state index in [0.717, 1.165) is 11.1 Å². The summed E-state index contributed by atoms with van der Waals surface area (Å²) >= 11 is 0. The molecular weight excluding hydrogens is 334 g/mol. The minimum atomic E-state index is -0.619. The number of hydrogen-bond donors (Lipinski definition) is 1. The average Bonchev–Trinajstić information content (AvgIpc) is 2.91. The van der Waals surface area contributed by atoms with Gasteiger partial charge in [-0.3, -0.25) is 9.59 Å². The number of carbonyl (C=O) groups is 3. The minimum absolute atomic E-state index is 0.0932. The summed E-state index contributed by atoms with van der Waals surface area (Å²) in [5, 5.41) is 2.75. The molecule has 1 heterocycles. The molecule has 0 bridgehead atoms. The molecule has 1 amide bonds. The highest BCUT2D eigenvalue weighted by molar-refractivity contribution is 6.05. The maximum absolute atomic E-state index is 12.2. The van der Waals surface area contributed by atoms with Crippen molar-refractivity contribution in [2.24, 2.45) is 0 Å². The van der Waals surface area contributed by atoms with Gasteiger partial charge in [-0.15, -0.1) is 0 Å². The second kappa shape index (κ2) is 7.39. The number of ketones is 1. The second-order valence-corrected chi connectivity index (χ2v) is 6.20. The Morgan fingerprint density at radius 3 is 2.69 bits per heavy atom. The Kier molecular flexibility index (Phi) is 5.02. The first-order valence-electron chi connectivity index (χ1n) is 8.27. The third-order valence-corrected chi connectivity index (χ3v) is 4.20. The number of benzene rings is 2. The van der Waals surface area contributed by atoms with Crippen molar-refractivity contribution >= 4 is 23.3 Å². The van der Waals surface area contributed by atoms with Gasteiger partial charge in [0.05, 0.1) is 5.92 Å². The number of anilines is 1. The van der Waals surface area contributed by atoms with Gasteiger partial charge in [0.2, 0.25) is 5.91 Å². The molecular formula is C20H19NO5. The SMILES string of the molecule is Cc1cccc(OCC(=O)OCC(=O)c2ccc3c(c2)[C@H](C)C(=O)N3)c1. The Balaban J connectivity index is 1.53. The minimum Gasteiger partial charge on any atom is -0.482 e. The molecule has 0 spiro atoms. The van der Waals surface area contributed by atoms with Gasteiger partial charge in [-0.25, -0.2) is 4.79 Å². The lowest BCUT2D eigenvalue weighted by Gasteiger charge is -2.08. The summed E-state index contributed by atoms with van der Waals surface area (Å²) in [5.41, 5.74) is 2.90. The van der Waals surface area contributed by atoms with Crippen LogP contribution in [0.3, 0.4) is 0 Å². The van der Waals surface area contributed by atoms with Gasteiger partial charge in [-0.1, -0.05) is 12.1 Å². The predicted molar refractivity (Wildman–Crippen MR) is 95.5 cm³/mol. The molecule has 3 rings (SSSR count). The molecule has 1 aliphatic heterocycles. The van der Waals surface area contributed by atoms with Crippen molar-refractivity contribution in [2.45, 2.75) is 19.8 Å². The molecule has 1 atom stereocenters. The molecule has 134 valence electrons. The summed E-state index contributed by atoms with van der Waals surface area (Å²) in [5.74, 6) is -0.778. The molecule has 0 fully saturated rings. The molecule has 0 saturated carbocycles. The van der Waals surface area contributed by atoms with Gasteiger partial charge in [0, 0.05) is 11.3 Å². The van der Waals surface area contributed by atoms with Crippen molar-refractivity contribution in [3.05, 3.63) is 59.2 Å². The number of rotatable bonds is 6. The van der Waals surface area contributed by atoms with Crippen molar-refractivity contribution < 1.29 is 23.9 Å². The van der Waals surface area contributed by atoms with E-state index in [-0.39, 0.29) is 30.8 Å². The van der Waals surface area contributed by atoms with Crippen LogP contribution in [-0.4, -0.2) is 30.9 Å². The lowest BCUT2D eigenvalue weighted by molar-refractivity contribution is -0.144. The van der Waals surface area contributed by atoms with Crippen LogP contribution in [0.15, 0.2) is 42.5 Å². The fourth-order valence-electron chi connectivity index (χ4n) is 2.71. The molecule has 0 saturated heterocycles. The van der Waals surface area contributed by atoms with Gasteiger partial charge < -0.3 is 14.8 Å². The van der Waals surface area contributed by atoms with E-state index in [1.807, 2.05) is 19.1 Å². The number of esters is 1. The predicted octanol–water partition coefficient (Wildman–Crippen LogP) is 2.86. The number of carbonyl (C=O) groups excluding carboxylic acids is 3. The molecule has 6 heteroatoms. The van der Waals surface area contributed by atoms with E-state index in [0.29, 0.717) is 17.0 Å². The van der Waals surface area contributed by atoms with Gasteiger partial charge in [-0.2, -0.15) is 0 Å². The number of amides is 1.